The van der Waals surface area contributed by atoms with E-state index >= 15 is 0 Å². The van der Waals surface area contributed by atoms with Crippen LogP contribution in [0.25, 0.3) is 0 Å². The van der Waals surface area contributed by atoms with Crippen molar-refractivity contribution in [2.24, 2.45) is 5.92 Å². The molecule has 1 heterocycles. The molecule has 1 aromatic heterocycles. The maximum atomic E-state index is 12.3. The smallest absolute Gasteiger partial charge is 0.283 e. The third kappa shape index (κ3) is 3.58. The average molecular weight is 360 g/mol. The molecule has 1 fully saturated rings. The van der Waals surface area contributed by atoms with Gasteiger partial charge in [-0.05, 0) is 40.9 Å². The first-order chi connectivity index (χ1) is 9.52. The number of anilines is 1. The second-order valence-electron chi connectivity index (χ2n) is 5.71. The third-order valence-electron chi connectivity index (χ3n) is 3.62. The molecule has 0 radical (unpaired) electrons. The summed E-state index contributed by atoms with van der Waals surface area (Å²) >= 11 is 5.33. The predicted octanol–water partition coefficient (Wildman–Crippen LogP) is 3.36. The number of hydrogen-bond donors (Lipinski definition) is 1. The third-order valence-corrected chi connectivity index (χ3v) is 5.56. The van der Waals surface area contributed by atoms with Crippen LogP contribution in [0.2, 0.25) is 0 Å². The largest absolute Gasteiger partial charge is 0.379 e. The molecule has 0 bridgehead atoms. The van der Waals surface area contributed by atoms with Crippen LogP contribution in [0.5, 0.6) is 0 Å². The van der Waals surface area contributed by atoms with Crippen molar-refractivity contribution in [3.63, 3.8) is 0 Å². The van der Waals surface area contributed by atoms with E-state index < -0.39 is 0 Å². The first-order valence-corrected chi connectivity index (χ1v) is 9.16. The van der Waals surface area contributed by atoms with Crippen molar-refractivity contribution in [3.05, 3.63) is 21.0 Å². The summed E-state index contributed by atoms with van der Waals surface area (Å²) < 4.78 is 2.13. The molecular formula is C14H22BrN3OS. The normalized spacial score (nSPS) is 22.4. The quantitative estimate of drug-likeness (QED) is 0.875. The van der Waals surface area contributed by atoms with Crippen LogP contribution in [0.15, 0.2) is 15.5 Å². The fourth-order valence-corrected chi connectivity index (χ4v) is 3.97. The van der Waals surface area contributed by atoms with Gasteiger partial charge in [0.05, 0.1) is 11.9 Å². The van der Waals surface area contributed by atoms with Crippen molar-refractivity contribution < 1.29 is 0 Å². The Bertz CT molecular complexity index is 518. The second-order valence-corrected chi connectivity index (χ2v) is 7.58. The van der Waals surface area contributed by atoms with Crippen LogP contribution in [0.4, 0.5) is 5.69 Å². The minimum absolute atomic E-state index is 0.0533. The van der Waals surface area contributed by atoms with E-state index in [9.17, 15) is 4.79 Å². The monoisotopic (exact) mass is 359 g/mol. The van der Waals surface area contributed by atoms with Gasteiger partial charge in [-0.25, -0.2) is 4.68 Å². The van der Waals surface area contributed by atoms with Gasteiger partial charge in [-0.15, -0.1) is 0 Å². The van der Waals surface area contributed by atoms with Crippen LogP contribution >= 0.6 is 27.7 Å². The van der Waals surface area contributed by atoms with Gasteiger partial charge in [-0.3, -0.25) is 4.79 Å². The number of rotatable bonds is 5. The highest BCUT2D eigenvalue weighted by Gasteiger charge is 2.27. The van der Waals surface area contributed by atoms with Gasteiger partial charge in [0.2, 0.25) is 0 Å². The Morgan fingerprint density at radius 2 is 2.30 bits per heavy atom. The van der Waals surface area contributed by atoms with Crippen molar-refractivity contribution in [2.75, 3.05) is 11.6 Å². The molecule has 4 nitrogen and oxygen atoms in total. The number of nitrogens with one attached hydrogen (secondary N) is 1. The average Bonchev–Trinajstić information content (AvgIpc) is 2.85. The van der Waals surface area contributed by atoms with Crippen LogP contribution in [-0.2, 0) is 6.54 Å². The molecule has 0 spiro atoms. The summed E-state index contributed by atoms with van der Waals surface area (Å²) in [5.41, 5.74) is 0.767. The van der Waals surface area contributed by atoms with E-state index in [1.807, 2.05) is 11.8 Å². The van der Waals surface area contributed by atoms with Gasteiger partial charge in [-0.2, -0.15) is 16.9 Å². The Morgan fingerprint density at radius 3 is 2.95 bits per heavy atom. The van der Waals surface area contributed by atoms with Crippen LogP contribution in [0.3, 0.4) is 0 Å². The summed E-state index contributed by atoms with van der Waals surface area (Å²) in [7, 11) is 0. The summed E-state index contributed by atoms with van der Waals surface area (Å²) in [4.78, 5) is 12.3. The van der Waals surface area contributed by atoms with Gasteiger partial charge in [0, 0.05) is 17.8 Å². The van der Waals surface area contributed by atoms with Crippen molar-refractivity contribution in [1.29, 1.82) is 0 Å². The topological polar surface area (TPSA) is 46.9 Å². The summed E-state index contributed by atoms with van der Waals surface area (Å²) in [6.07, 6.45) is 7.57. The zero-order chi connectivity index (χ0) is 14.7. The summed E-state index contributed by atoms with van der Waals surface area (Å²) in [5, 5.41) is 8.39. The SMILES string of the molecule is CSC1CCCC1Nc1cnn(CC(C)C)c(=O)c1Br. The number of thioether (sulfide) groups is 1. The highest BCUT2D eigenvalue weighted by Crippen LogP contribution is 2.31. The molecule has 1 aliphatic rings. The van der Waals surface area contributed by atoms with Gasteiger partial charge in [-0.1, -0.05) is 20.3 Å². The molecule has 20 heavy (non-hydrogen) atoms. The molecule has 1 saturated carbocycles. The van der Waals surface area contributed by atoms with E-state index in [2.05, 4.69) is 46.4 Å². The summed E-state index contributed by atoms with van der Waals surface area (Å²) in [6, 6.07) is 0.434. The zero-order valence-electron chi connectivity index (χ0n) is 12.2. The lowest BCUT2D eigenvalue weighted by Gasteiger charge is -2.21. The lowest BCUT2D eigenvalue weighted by Crippen LogP contribution is -2.30. The van der Waals surface area contributed by atoms with Gasteiger partial charge in [0.25, 0.3) is 5.56 Å². The van der Waals surface area contributed by atoms with Crippen molar-refractivity contribution >= 4 is 33.4 Å². The number of nitrogens with zero attached hydrogens (tertiary/aromatic N) is 2. The van der Waals surface area contributed by atoms with E-state index in [1.165, 1.54) is 17.5 Å². The highest BCUT2D eigenvalue weighted by atomic mass is 79.9. The molecule has 2 unspecified atom stereocenters. The van der Waals surface area contributed by atoms with E-state index in [-0.39, 0.29) is 5.56 Å². The van der Waals surface area contributed by atoms with Gasteiger partial charge in [0.15, 0.2) is 0 Å². The summed E-state index contributed by atoms with van der Waals surface area (Å²) in [6.45, 7) is 4.81. The van der Waals surface area contributed by atoms with Gasteiger partial charge in [0.1, 0.15) is 4.47 Å². The Kier molecular flexibility index (Phi) is 5.55. The molecule has 2 atom stereocenters. The van der Waals surface area contributed by atoms with E-state index in [0.29, 0.717) is 28.2 Å². The molecule has 6 heteroatoms. The number of hydrogen-bond acceptors (Lipinski definition) is 4. The highest BCUT2D eigenvalue weighted by molar-refractivity contribution is 9.10. The van der Waals surface area contributed by atoms with Crippen molar-refractivity contribution in [2.45, 2.75) is 50.9 Å². The van der Waals surface area contributed by atoms with Crippen LogP contribution in [0.1, 0.15) is 33.1 Å². The van der Waals surface area contributed by atoms with Crippen molar-refractivity contribution in [3.8, 4) is 0 Å². The van der Waals surface area contributed by atoms with Gasteiger partial charge < -0.3 is 5.32 Å². The fourth-order valence-electron chi connectivity index (χ4n) is 2.61. The molecular weight excluding hydrogens is 338 g/mol. The Morgan fingerprint density at radius 1 is 1.55 bits per heavy atom. The molecule has 1 aliphatic carbocycles. The molecule has 112 valence electrons. The zero-order valence-corrected chi connectivity index (χ0v) is 14.6. The first kappa shape index (κ1) is 15.9. The number of halogens is 1. The standard InChI is InChI=1S/C14H22BrN3OS/c1-9(2)8-18-14(19)13(15)11(7-16-18)17-10-5-4-6-12(10)20-3/h7,9-10,12,17H,4-6,8H2,1-3H3. The molecule has 1 aromatic rings. The van der Waals surface area contributed by atoms with E-state index in [0.717, 1.165) is 12.1 Å². The maximum Gasteiger partial charge on any atom is 0.283 e. The fraction of sp³-hybridized carbons (Fsp3) is 0.714. The molecule has 0 aromatic carbocycles. The van der Waals surface area contributed by atoms with Crippen molar-refractivity contribution in [1.82, 2.24) is 9.78 Å². The molecule has 1 N–H and O–H groups in total. The lowest BCUT2D eigenvalue weighted by atomic mass is 10.2. The van der Waals surface area contributed by atoms with E-state index in [4.69, 9.17) is 0 Å². The molecule has 0 aliphatic heterocycles. The Labute approximate surface area is 132 Å². The van der Waals surface area contributed by atoms with Crippen LogP contribution in [-0.4, -0.2) is 27.3 Å². The molecule has 0 saturated heterocycles. The van der Waals surface area contributed by atoms with Gasteiger partial charge >= 0.3 is 0 Å². The Hall–Kier alpha value is -0.490. The first-order valence-electron chi connectivity index (χ1n) is 7.08. The minimum atomic E-state index is -0.0533. The van der Waals surface area contributed by atoms with Crippen LogP contribution in [0, 0.1) is 5.92 Å². The predicted molar refractivity (Wildman–Crippen MR) is 89.6 cm³/mol. The summed E-state index contributed by atoms with van der Waals surface area (Å²) in [5.74, 6) is 0.404. The molecule has 2 rings (SSSR count). The minimum Gasteiger partial charge on any atom is -0.379 e. The van der Waals surface area contributed by atoms with Crippen LogP contribution < -0.4 is 10.9 Å². The lowest BCUT2D eigenvalue weighted by molar-refractivity contribution is 0.462. The maximum absolute atomic E-state index is 12.3. The van der Waals surface area contributed by atoms with E-state index in [1.54, 1.807) is 6.20 Å². The second kappa shape index (κ2) is 6.98. The number of aromatic nitrogens is 2. The Balaban J connectivity index is 2.17. The molecule has 0 amide bonds.